The summed E-state index contributed by atoms with van der Waals surface area (Å²) in [5, 5.41) is 26.3. The molecule has 0 spiro atoms. The van der Waals surface area contributed by atoms with Crippen LogP contribution in [-0.2, 0) is 23.4 Å². The lowest BCUT2D eigenvalue weighted by atomic mass is 9.97. The van der Waals surface area contributed by atoms with Gasteiger partial charge in [0.15, 0.2) is 23.2 Å². The molecular formula is C32H40ClN6O8P. The number of carbonyl (C=O) groups is 1. The summed E-state index contributed by atoms with van der Waals surface area (Å²) in [4.78, 5) is 25.8. The molecule has 1 saturated carbocycles. The zero-order valence-electron chi connectivity index (χ0n) is 26.6. The normalized spacial score (nSPS) is 23.8. The Bertz CT molecular complexity index is 1800. The molecule has 2 aromatic heterocycles. The molecule has 2 fully saturated rings. The predicted octanol–water partition coefficient (Wildman–Crippen LogP) is 4.92. The predicted molar refractivity (Wildman–Crippen MR) is 178 cm³/mol. The first-order valence-corrected chi connectivity index (χ1v) is 18.0. The van der Waals surface area contributed by atoms with Gasteiger partial charge in [0.1, 0.15) is 42.5 Å². The molecule has 0 amide bonds. The molecule has 3 unspecified atom stereocenters. The molecule has 0 bridgehead atoms. The maximum Gasteiger partial charge on any atom is 0.459 e. The Morgan fingerprint density at radius 2 is 1.88 bits per heavy atom. The number of rotatable bonds is 12. The number of esters is 1. The van der Waals surface area contributed by atoms with Crippen LogP contribution in [-0.4, -0.2) is 72.8 Å². The summed E-state index contributed by atoms with van der Waals surface area (Å²) in [6, 6.07) is 11.7. The molecule has 14 nitrogen and oxygen atoms in total. The quantitative estimate of drug-likeness (QED) is 0.0884. The van der Waals surface area contributed by atoms with Gasteiger partial charge in [0.2, 0.25) is 5.28 Å². The van der Waals surface area contributed by atoms with E-state index < -0.39 is 50.9 Å². The number of aliphatic hydroxyl groups is 2. The van der Waals surface area contributed by atoms with Crippen LogP contribution >= 0.6 is 19.3 Å². The SMILES string of the molecule is CC(C)C[C@H](NP(=O)(OC[C@H]1O[C@@H](n2c(Cl)nc3c(N)ncnc32)C(O)C1O)Oc1cccc2ccccc12)C(=O)OC1CCCCC1. The number of aliphatic hydroxyl groups excluding tert-OH is 2. The molecule has 258 valence electrons. The Hall–Kier alpha value is -3.36. The first-order valence-electron chi connectivity index (χ1n) is 16.1. The Balaban J connectivity index is 1.26. The highest BCUT2D eigenvalue weighted by atomic mass is 35.5. The number of nitrogen functional groups attached to an aromatic ring is 1. The smallest absolute Gasteiger partial charge is 0.459 e. The maximum absolute atomic E-state index is 14.7. The van der Waals surface area contributed by atoms with Crippen molar-refractivity contribution >= 4 is 53.1 Å². The summed E-state index contributed by atoms with van der Waals surface area (Å²) in [5.74, 6) is -0.191. The van der Waals surface area contributed by atoms with Crippen molar-refractivity contribution in [2.75, 3.05) is 12.3 Å². The minimum Gasteiger partial charge on any atom is -0.461 e. The third-order valence-corrected chi connectivity index (χ3v) is 10.4. The van der Waals surface area contributed by atoms with E-state index in [1.165, 1.54) is 10.9 Å². The van der Waals surface area contributed by atoms with Crippen LogP contribution in [0.25, 0.3) is 21.9 Å². The van der Waals surface area contributed by atoms with Crippen LogP contribution in [0.5, 0.6) is 5.75 Å². The average Bonchev–Trinajstić information content (AvgIpc) is 3.55. The molecule has 4 aromatic rings. The van der Waals surface area contributed by atoms with E-state index in [4.69, 9.17) is 35.9 Å². The van der Waals surface area contributed by atoms with Gasteiger partial charge in [-0.1, -0.05) is 56.7 Å². The average molecular weight is 703 g/mol. The molecule has 1 saturated heterocycles. The Morgan fingerprint density at radius 1 is 1.12 bits per heavy atom. The summed E-state index contributed by atoms with van der Waals surface area (Å²) in [5.41, 5.74) is 6.30. The minimum atomic E-state index is -4.40. The first kappa shape index (κ1) is 34.5. The van der Waals surface area contributed by atoms with E-state index in [9.17, 15) is 19.6 Å². The summed E-state index contributed by atoms with van der Waals surface area (Å²) >= 11 is 6.37. The monoisotopic (exact) mass is 702 g/mol. The second-order valence-corrected chi connectivity index (χ2v) is 14.6. The van der Waals surface area contributed by atoms with Gasteiger partial charge < -0.3 is 29.9 Å². The third kappa shape index (κ3) is 7.45. The Labute approximate surface area is 282 Å². The number of nitrogens with one attached hydrogen (secondary N) is 1. The van der Waals surface area contributed by atoms with Gasteiger partial charge >= 0.3 is 13.7 Å². The van der Waals surface area contributed by atoms with Gasteiger partial charge in [-0.15, -0.1) is 0 Å². The van der Waals surface area contributed by atoms with Crippen LogP contribution in [0.2, 0.25) is 5.28 Å². The number of nitrogens with two attached hydrogens (primary N) is 1. The van der Waals surface area contributed by atoms with Crippen molar-refractivity contribution in [3.05, 3.63) is 54.1 Å². The van der Waals surface area contributed by atoms with Crippen LogP contribution in [0.15, 0.2) is 48.8 Å². The highest BCUT2D eigenvalue weighted by molar-refractivity contribution is 7.52. The van der Waals surface area contributed by atoms with Crippen molar-refractivity contribution in [2.45, 2.75) is 89.1 Å². The number of nitrogens with zero attached hydrogens (tertiary/aromatic N) is 4. The zero-order chi connectivity index (χ0) is 34.0. The van der Waals surface area contributed by atoms with E-state index in [0.29, 0.717) is 11.8 Å². The van der Waals surface area contributed by atoms with E-state index in [1.54, 1.807) is 12.1 Å². The first-order chi connectivity index (χ1) is 23.0. The molecule has 1 aliphatic heterocycles. The fourth-order valence-corrected chi connectivity index (χ4v) is 7.96. The fourth-order valence-electron chi connectivity index (χ4n) is 6.16. The van der Waals surface area contributed by atoms with E-state index >= 15 is 0 Å². The molecule has 5 N–H and O–H groups in total. The number of ether oxygens (including phenoxy) is 2. The second-order valence-electron chi connectivity index (χ2n) is 12.6. The van der Waals surface area contributed by atoms with Crippen molar-refractivity contribution in [3.8, 4) is 5.75 Å². The molecular weight excluding hydrogens is 663 g/mol. The molecule has 6 atom stereocenters. The lowest BCUT2D eigenvalue weighted by Crippen LogP contribution is -2.41. The lowest BCUT2D eigenvalue weighted by Gasteiger charge is -2.29. The maximum atomic E-state index is 14.7. The number of fused-ring (bicyclic) bond motifs is 2. The van der Waals surface area contributed by atoms with Gasteiger partial charge in [-0.3, -0.25) is 13.9 Å². The van der Waals surface area contributed by atoms with Crippen LogP contribution in [0.1, 0.15) is 58.6 Å². The number of halogens is 1. The van der Waals surface area contributed by atoms with Crippen LogP contribution in [0.4, 0.5) is 5.82 Å². The molecule has 0 radical (unpaired) electrons. The summed E-state index contributed by atoms with van der Waals surface area (Å²) in [6.45, 7) is 3.37. The molecule has 16 heteroatoms. The standard InChI is InChI=1S/C32H40ClN6O8P/c1-18(2)15-22(31(42)45-20-11-4-3-5-12-20)38-48(43,47-23-14-8-10-19-9-6-7-13-21(19)23)44-16-24-26(40)27(41)30(46-24)39-29-25(37-32(39)33)28(34)35-17-36-29/h6-10,13-14,17-18,20,22,24,26-27,30,40-41H,3-5,11-12,15-16H2,1-2H3,(H,38,43)(H2,34,35,36)/t22-,24+,26?,27?,30+,48?/m0/s1. The van der Waals surface area contributed by atoms with Crippen LogP contribution < -0.4 is 15.3 Å². The van der Waals surface area contributed by atoms with E-state index in [1.807, 2.05) is 44.2 Å². The summed E-state index contributed by atoms with van der Waals surface area (Å²) in [7, 11) is -4.40. The molecule has 48 heavy (non-hydrogen) atoms. The van der Waals surface area contributed by atoms with Gasteiger partial charge in [-0.2, -0.15) is 5.09 Å². The van der Waals surface area contributed by atoms with E-state index in [2.05, 4.69) is 20.0 Å². The summed E-state index contributed by atoms with van der Waals surface area (Å²) in [6.07, 6.45) is 0.424. The largest absolute Gasteiger partial charge is 0.461 e. The van der Waals surface area contributed by atoms with Crippen molar-refractivity contribution in [3.63, 3.8) is 0 Å². The molecule has 1 aliphatic carbocycles. The molecule has 2 aliphatic rings. The number of benzene rings is 2. The van der Waals surface area contributed by atoms with Gasteiger partial charge in [-0.25, -0.2) is 19.5 Å². The van der Waals surface area contributed by atoms with E-state index in [0.717, 1.165) is 37.5 Å². The fraction of sp³-hybridized carbons (Fsp3) is 0.500. The number of carbonyl (C=O) groups excluding carboxylic acids is 1. The zero-order valence-corrected chi connectivity index (χ0v) is 28.3. The number of hydrogen-bond acceptors (Lipinski definition) is 12. The highest BCUT2D eigenvalue weighted by Crippen LogP contribution is 2.48. The van der Waals surface area contributed by atoms with Crippen molar-refractivity contribution in [1.29, 1.82) is 0 Å². The van der Waals surface area contributed by atoms with Gasteiger partial charge in [0.25, 0.3) is 0 Å². The van der Waals surface area contributed by atoms with Gasteiger partial charge in [0, 0.05) is 5.39 Å². The van der Waals surface area contributed by atoms with Gasteiger partial charge in [-0.05, 0) is 61.1 Å². The molecule has 6 rings (SSSR count). The van der Waals surface area contributed by atoms with E-state index in [-0.39, 0.29) is 40.0 Å². The van der Waals surface area contributed by atoms with Crippen molar-refractivity contribution in [1.82, 2.24) is 24.6 Å². The number of anilines is 1. The van der Waals surface area contributed by atoms with Crippen LogP contribution in [0.3, 0.4) is 0 Å². The van der Waals surface area contributed by atoms with Crippen molar-refractivity contribution < 1.29 is 38.1 Å². The minimum absolute atomic E-state index is 0.0240. The highest BCUT2D eigenvalue weighted by Gasteiger charge is 2.47. The molecule has 2 aromatic carbocycles. The van der Waals surface area contributed by atoms with Crippen LogP contribution in [0, 0.1) is 5.92 Å². The Kier molecular flexibility index (Phi) is 10.5. The number of hydrogen-bond donors (Lipinski definition) is 4. The number of aromatic nitrogens is 4. The topological polar surface area (TPSA) is 193 Å². The lowest BCUT2D eigenvalue weighted by molar-refractivity contribution is -0.153. The third-order valence-electron chi connectivity index (χ3n) is 8.57. The van der Waals surface area contributed by atoms with Gasteiger partial charge in [0.05, 0.1) is 6.61 Å². The van der Waals surface area contributed by atoms with Crippen molar-refractivity contribution in [2.24, 2.45) is 5.92 Å². The molecule has 3 heterocycles. The summed E-state index contributed by atoms with van der Waals surface area (Å²) < 4.78 is 39.9. The second kappa shape index (κ2) is 14.6. The Morgan fingerprint density at radius 3 is 2.65 bits per heavy atom. The number of imidazole rings is 1.